The topological polar surface area (TPSA) is 93.8 Å². The zero-order valence-corrected chi connectivity index (χ0v) is 15.3. The second-order valence-electron chi connectivity index (χ2n) is 6.28. The van der Waals surface area contributed by atoms with E-state index in [2.05, 4.69) is 10.3 Å². The third-order valence-corrected chi connectivity index (χ3v) is 6.52. The molecule has 3 N–H and O–H groups in total. The Hall–Kier alpha value is -2.54. The monoisotopic (exact) mass is 373 g/mol. The summed E-state index contributed by atoms with van der Waals surface area (Å²) in [5.41, 5.74) is 6.65. The predicted molar refractivity (Wildman–Crippen MR) is 104 cm³/mol. The number of sulfone groups is 1. The summed E-state index contributed by atoms with van der Waals surface area (Å²) >= 11 is 0. The van der Waals surface area contributed by atoms with Gasteiger partial charge in [0.2, 0.25) is 0 Å². The minimum atomic E-state index is -3.04. The van der Waals surface area contributed by atoms with E-state index >= 15 is 0 Å². The van der Waals surface area contributed by atoms with Crippen molar-refractivity contribution in [2.75, 3.05) is 17.6 Å². The molecule has 2 aromatic rings. The van der Waals surface area contributed by atoms with Crippen molar-refractivity contribution in [2.24, 2.45) is 10.7 Å². The molecule has 1 aliphatic rings. The highest BCUT2D eigenvalue weighted by Crippen LogP contribution is 2.24. The number of nitrogens with one attached hydrogen (secondary N) is 1. The number of guanidine groups is 1. The molecule has 0 radical (unpaired) electrons. The van der Waals surface area contributed by atoms with Crippen LogP contribution in [-0.2, 0) is 9.84 Å². The van der Waals surface area contributed by atoms with Gasteiger partial charge in [-0.15, -0.1) is 0 Å². The van der Waals surface area contributed by atoms with Crippen LogP contribution >= 0.6 is 0 Å². The summed E-state index contributed by atoms with van der Waals surface area (Å²) in [7, 11) is -3.04. The first-order valence-electron chi connectivity index (χ1n) is 8.64. The molecule has 7 heteroatoms. The molecular formula is C19H23N3O3S. The lowest BCUT2D eigenvalue weighted by atomic mass is 10.2. The Bertz CT molecular complexity index is 867. The molecule has 3 rings (SSSR count). The molecule has 0 saturated carbocycles. The molecule has 1 fully saturated rings. The second-order valence-corrected chi connectivity index (χ2v) is 8.68. The van der Waals surface area contributed by atoms with Crippen LogP contribution in [0.3, 0.4) is 0 Å². The maximum atomic E-state index is 12.0. The van der Waals surface area contributed by atoms with Crippen LogP contribution in [0.25, 0.3) is 0 Å². The van der Waals surface area contributed by atoms with Crippen molar-refractivity contribution in [1.82, 2.24) is 0 Å². The molecule has 0 bridgehead atoms. The molecule has 6 nitrogen and oxygen atoms in total. The van der Waals surface area contributed by atoms with E-state index in [1.165, 1.54) is 0 Å². The van der Waals surface area contributed by atoms with Crippen molar-refractivity contribution in [3.05, 3.63) is 54.6 Å². The molecule has 1 aliphatic heterocycles. The van der Waals surface area contributed by atoms with Gasteiger partial charge in [-0.3, -0.25) is 4.99 Å². The van der Waals surface area contributed by atoms with Gasteiger partial charge in [0, 0.05) is 11.8 Å². The standard InChI is InChI=1S/C19H23N3O3S/c20-19(21-14-18-11-4-5-12-26(18,23)24)22-15-7-6-10-17(13-15)25-16-8-2-1-3-9-16/h1-3,6-10,13,18H,4-5,11-12,14H2,(H3,20,21,22). The van der Waals surface area contributed by atoms with Gasteiger partial charge >= 0.3 is 0 Å². The highest BCUT2D eigenvalue weighted by atomic mass is 32.2. The Morgan fingerprint density at radius 1 is 1.12 bits per heavy atom. The molecule has 0 amide bonds. The van der Waals surface area contributed by atoms with Crippen LogP contribution in [-0.4, -0.2) is 31.9 Å². The maximum Gasteiger partial charge on any atom is 0.193 e. The fraction of sp³-hybridized carbons (Fsp3) is 0.316. The van der Waals surface area contributed by atoms with Crippen LogP contribution in [0.4, 0.5) is 5.69 Å². The van der Waals surface area contributed by atoms with Crippen molar-refractivity contribution < 1.29 is 13.2 Å². The lowest BCUT2D eigenvalue weighted by Crippen LogP contribution is -2.32. The Kier molecular flexibility index (Phi) is 5.78. The quantitative estimate of drug-likeness (QED) is 0.620. The number of nitrogens with two attached hydrogens (primary N) is 1. The average Bonchev–Trinajstić information content (AvgIpc) is 2.61. The predicted octanol–water partition coefficient (Wildman–Crippen LogP) is 3.17. The largest absolute Gasteiger partial charge is 0.457 e. The van der Waals surface area contributed by atoms with Crippen LogP contribution in [0.5, 0.6) is 11.5 Å². The number of aliphatic imine (C=N–C) groups is 1. The number of anilines is 1. The third kappa shape index (κ3) is 4.98. The number of rotatable bonds is 5. The number of benzene rings is 2. The van der Waals surface area contributed by atoms with Gasteiger partial charge in [0.25, 0.3) is 0 Å². The van der Waals surface area contributed by atoms with E-state index in [0.29, 0.717) is 12.2 Å². The molecule has 0 spiro atoms. The lowest BCUT2D eigenvalue weighted by Gasteiger charge is -2.20. The van der Waals surface area contributed by atoms with E-state index in [1.807, 2.05) is 54.6 Å². The first-order valence-corrected chi connectivity index (χ1v) is 10.4. The molecule has 0 aliphatic carbocycles. The number of hydrogen-bond donors (Lipinski definition) is 2. The Morgan fingerprint density at radius 3 is 2.65 bits per heavy atom. The van der Waals surface area contributed by atoms with Crippen LogP contribution in [0, 0.1) is 0 Å². The lowest BCUT2D eigenvalue weighted by molar-refractivity contribution is 0.483. The van der Waals surface area contributed by atoms with Crippen molar-refractivity contribution in [3.8, 4) is 11.5 Å². The van der Waals surface area contributed by atoms with Crippen LogP contribution < -0.4 is 15.8 Å². The third-order valence-electron chi connectivity index (χ3n) is 4.26. The van der Waals surface area contributed by atoms with E-state index < -0.39 is 15.1 Å². The summed E-state index contributed by atoms with van der Waals surface area (Å²) in [5, 5.41) is 2.56. The van der Waals surface area contributed by atoms with Crippen molar-refractivity contribution >= 4 is 21.5 Å². The molecule has 26 heavy (non-hydrogen) atoms. The Morgan fingerprint density at radius 2 is 1.88 bits per heavy atom. The van der Waals surface area contributed by atoms with Gasteiger partial charge in [0.15, 0.2) is 15.8 Å². The molecule has 0 aromatic heterocycles. The fourth-order valence-electron chi connectivity index (χ4n) is 2.88. The molecule has 2 aromatic carbocycles. The molecule has 1 atom stereocenters. The van der Waals surface area contributed by atoms with Gasteiger partial charge in [-0.2, -0.15) is 0 Å². The Balaban J connectivity index is 1.62. The van der Waals surface area contributed by atoms with Crippen molar-refractivity contribution in [2.45, 2.75) is 24.5 Å². The molecule has 1 saturated heterocycles. The average molecular weight is 373 g/mol. The Labute approximate surface area is 154 Å². The zero-order valence-electron chi connectivity index (χ0n) is 14.5. The number of para-hydroxylation sites is 1. The maximum absolute atomic E-state index is 12.0. The smallest absolute Gasteiger partial charge is 0.193 e. The highest BCUT2D eigenvalue weighted by molar-refractivity contribution is 7.92. The molecule has 1 heterocycles. The first kappa shape index (κ1) is 18.3. The van der Waals surface area contributed by atoms with E-state index in [4.69, 9.17) is 10.5 Å². The van der Waals surface area contributed by atoms with Gasteiger partial charge in [-0.25, -0.2) is 8.42 Å². The summed E-state index contributed by atoms with van der Waals surface area (Å²) in [6.45, 7) is 0.196. The number of ether oxygens (including phenoxy) is 1. The summed E-state index contributed by atoms with van der Waals surface area (Å²) in [6.07, 6.45) is 2.32. The summed E-state index contributed by atoms with van der Waals surface area (Å²) in [5.74, 6) is 1.86. The minimum absolute atomic E-state index is 0.196. The minimum Gasteiger partial charge on any atom is -0.457 e. The van der Waals surface area contributed by atoms with Crippen LogP contribution in [0.1, 0.15) is 19.3 Å². The van der Waals surface area contributed by atoms with Gasteiger partial charge in [0.05, 0.1) is 17.5 Å². The second kappa shape index (κ2) is 8.23. The summed E-state index contributed by atoms with van der Waals surface area (Å²) in [4.78, 5) is 4.22. The van der Waals surface area contributed by atoms with E-state index in [-0.39, 0.29) is 18.3 Å². The molecule has 138 valence electrons. The number of hydrogen-bond acceptors (Lipinski definition) is 4. The van der Waals surface area contributed by atoms with Crippen LogP contribution in [0.2, 0.25) is 0 Å². The van der Waals surface area contributed by atoms with Gasteiger partial charge in [-0.1, -0.05) is 30.7 Å². The van der Waals surface area contributed by atoms with Gasteiger partial charge in [0.1, 0.15) is 11.5 Å². The van der Waals surface area contributed by atoms with Crippen LogP contribution in [0.15, 0.2) is 59.6 Å². The normalized spacial score (nSPS) is 19.7. The first-order chi connectivity index (χ1) is 12.5. The SMILES string of the molecule is NC(=NCC1CCCCS1(=O)=O)Nc1cccc(Oc2ccccc2)c1. The summed E-state index contributed by atoms with van der Waals surface area (Å²) in [6, 6.07) is 16.8. The van der Waals surface area contributed by atoms with E-state index in [1.54, 1.807) is 0 Å². The fourth-order valence-corrected chi connectivity index (χ4v) is 4.64. The van der Waals surface area contributed by atoms with Gasteiger partial charge in [-0.05, 0) is 37.1 Å². The number of nitrogens with zero attached hydrogens (tertiary/aromatic N) is 1. The van der Waals surface area contributed by atoms with E-state index in [0.717, 1.165) is 24.3 Å². The zero-order chi connectivity index (χ0) is 18.4. The molecule has 1 unspecified atom stereocenters. The van der Waals surface area contributed by atoms with E-state index in [9.17, 15) is 8.42 Å². The molecular weight excluding hydrogens is 350 g/mol. The van der Waals surface area contributed by atoms with Crippen molar-refractivity contribution in [1.29, 1.82) is 0 Å². The van der Waals surface area contributed by atoms with Crippen molar-refractivity contribution in [3.63, 3.8) is 0 Å². The van der Waals surface area contributed by atoms with Gasteiger partial charge < -0.3 is 15.8 Å². The highest BCUT2D eigenvalue weighted by Gasteiger charge is 2.28. The summed E-state index contributed by atoms with van der Waals surface area (Å²) < 4.78 is 29.8.